The van der Waals surface area contributed by atoms with Crippen molar-refractivity contribution in [3.05, 3.63) is 69.8 Å². The number of aliphatic carboxylic acids is 1. The topological polar surface area (TPSA) is 46.5 Å². The van der Waals surface area contributed by atoms with Crippen LogP contribution in [-0.2, 0) is 17.6 Å². The molecular formula is C27H31ClF2O3S. The van der Waals surface area contributed by atoms with Gasteiger partial charge in [0.2, 0.25) is 0 Å². The van der Waals surface area contributed by atoms with Crippen LogP contribution in [0.4, 0.5) is 8.78 Å². The third-order valence-corrected chi connectivity index (χ3v) is 6.98. The van der Waals surface area contributed by atoms with Crippen LogP contribution in [0.5, 0.6) is 5.75 Å². The zero-order valence-electron chi connectivity index (χ0n) is 19.4. The van der Waals surface area contributed by atoms with Crippen molar-refractivity contribution in [2.24, 2.45) is 0 Å². The molecule has 0 saturated carbocycles. The number of rotatable bonds is 12. The van der Waals surface area contributed by atoms with E-state index in [1.165, 1.54) is 0 Å². The Hall–Kier alpha value is -2.05. The van der Waals surface area contributed by atoms with Crippen LogP contribution in [0, 0.1) is 0 Å². The van der Waals surface area contributed by atoms with E-state index in [0.29, 0.717) is 29.2 Å². The van der Waals surface area contributed by atoms with Crippen molar-refractivity contribution in [2.75, 3.05) is 18.6 Å². The molecule has 184 valence electrons. The first-order chi connectivity index (χ1) is 16.3. The van der Waals surface area contributed by atoms with Crippen molar-refractivity contribution >= 4 is 34.9 Å². The molecule has 0 unspecified atom stereocenters. The van der Waals surface area contributed by atoms with Crippen LogP contribution in [-0.4, -0.2) is 35.6 Å². The van der Waals surface area contributed by atoms with Gasteiger partial charge in [-0.1, -0.05) is 35.9 Å². The number of hydrogen-bond acceptors (Lipinski definition) is 3. The van der Waals surface area contributed by atoms with Gasteiger partial charge in [0.05, 0.1) is 0 Å². The molecular weight excluding hydrogens is 478 g/mol. The maximum atomic E-state index is 14.3. The highest BCUT2D eigenvalue weighted by molar-refractivity contribution is 7.98. The first-order valence-electron chi connectivity index (χ1n) is 11.6. The fraction of sp³-hybridized carbons (Fsp3) is 0.444. The quantitative estimate of drug-likeness (QED) is 0.298. The number of halogens is 3. The number of alkyl halides is 2. The van der Waals surface area contributed by atoms with Crippen molar-refractivity contribution in [3.63, 3.8) is 0 Å². The van der Waals surface area contributed by atoms with Crippen LogP contribution >= 0.6 is 23.4 Å². The number of thioether (sulfide) groups is 1. The summed E-state index contributed by atoms with van der Waals surface area (Å²) in [6.07, 6.45) is 5.25. The molecule has 7 heteroatoms. The van der Waals surface area contributed by atoms with E-state index < -0.39 is 11.9 Å². The minimum Gasteiger partial charge on any atom is -0.489 e. The first kappa shape index (κ1) is 26.6. The van der Waals surface area contributed by atoms with Crippen molar-refractivity contribution in [1.29, 1.82) is 0 Å². The number of hydrogen-bond donors (Lipinski definition) is 1. The van der Waals surface area contributed by atoms with E-state index in [0.717, 1.165) is 47.3 Å². The van der Waals surface area contributed by atoms with Crippen LogP contribution in [0.2, 0.25) is 5.02 Å². The van der Waals surface area contributed by atoms with Gasteiger partial charge < -0.3 is 9.84 Å². The lowest BCUT2D eigenvalue weighted by Crippen LogP contribution is -2.24. The van der Waals surface area contributed by atoms with Gasteiger partial charge in [-0.3, -0.25) is 4.79 Å². The summed E-state index contributed by atoms with van der Waals surface area (Å²) in [7, 11) is 0. The van der Waals surface area contributed by atoms with Crippen LogP contribution in [0.25, 0.3) is 5.57 Å². The summed E-state index contributed by atoms with van der Waals surface area (Å²) in [6.45, 7) is 0.0971. The second-order valence-electron chi connectivity index (χ2n) is 8.70. The smallest absolute Gasteiger partial charge is 0.303 e. The standard InChI is InChI=1S/C27H31ClF2O3S/c1-34-15-3-2-4-21-16-19(6-12-26(31)32)5-11-25(21)33-18-22-17-27(29,30)14-13-24(22)20-7-9-23(28)10-8-20/h5,7-11,16H,2-4,6,12-15,17-18H2,1H3,(H,31,32). The number of carboxylic acid groups (broad SMARTS) is 1. The van der Waals surface area contributed by atoms with Crippen LogP contribution in [0.15, 0.2) is 48.0 Å². The minimum atomic E-state index is -2.74. The minimum absolute atomic E-state index is 0.0680. The average Bonchev–Trinajstić information content (AvgIpc) is 2.80. The number of aryl methyl sites for hydroxylation is 2. The fourth-order valence-electron chi connectivity index (χ4n) is 4.23. The second kappa shape index (κ2) is 12.6. The fourth-order valence-corrected chi connectivity index (χ4v) is 4.85. The maximum Gasteiger partial charge on any atom is 0.303 e. The van der Waals surface area contributed by atoms with Gasteiger partial charge in [0.15, 0.2) is 0 Å². The number of carbonyl (C=O) groups is 1. The number of benzene rings is 2. The molecule has 34 heavy (non-hydrogen) atoms. The number of allylic oxidation sites excluding steroid dienone is 1. The monoisotopic (exact) mass is 508 g/mol. The lowest BCUT2D eigenvalue weighted by Gasteiger charge is -2.28. The summed E-state index contributed by atoms with van der Waals surface area (Å²) in [6, 6.07) is 13.0. The van der Waals surface area contributed by atoms with E-state index in [2.05, 4.69) is 6.26 Å². The predicted octanol–water partition coefficient (Wildman–Crippen LogP) is 7.69. The number of ether oxygens (including phenoxy) is 1. The van der Waals surface area contributed by atoms with E-state index >= 15 is 0 Å². The van der Waals surface area contributed by atoms with Gasteiger partial charge in [-0.2, -0.15) is 11.8 Å². The third kappa shape index (κ3) is 8.02. The Kier molecular flexibility index (Phi) is 9.84. The van der Waals surface area contributed by atoms with E-state index in [1.54, 1.807) is 23.9 Å². The number of carboxylic acids is 1. The molecule has 1 aliphatic carbocycles. The van der Waals surface area contributed by atoms with Crippen molar-refractivity contribution in [1.82, 2.24) is 0 Å². The van der Waals surface area contributed by atoms with E-state index in [-0.39, 0.29) is 25.9 Å². The lowest BCUT2D eigenvalue weighted by molar-refractivity contribution is -0.136. The first-order valence-corrected chi connectivity index (χ1v) is 13.3. The molecule has 0 spiro atoms. The highest BCUT2D eigenvalue weighted by Gasteiger charge is 2.35. The molecule has 0 saturated heterocycles. The number of unbranched alkanes of at least 4 members (excludes halogenated alkanes) is 1. The molecule has 0 aliphatic heterocycles. The molecule has 0 aromatic heterocycles. The molecule has 0 amide bonds. The highest BCUT2D eigenvalue weighted by atomic mass is 35.5. The zero-order valence-corrected chi connectivity index (χ0v) is 21.0. The summed E-state index contributed by atoms with van der Waals surface area (Å²) in [5.74, 6) is -1.82. The molecule has 2 aromatic rings. The molecule has 1 aliphatic rings. The Morgan fingerprint density at radius 2 is 1.91 bits per heavy atom. The third-order valence-electron chi connectivity index (χ3n) is 6.03. The van der Waals surface area contributed by atoms with E-state index in [1.807, 2.05) is 30.3 Å². The molecule has 3 rings (SSSR count). The Bertz CT molecular complexity index is 1010. The van der Waals surface area contributed by atoms with Gasteiger partial charge in [0, 0.05) is 24.3 Å². The van der Waals surface area contributed by atoms with E-state index in [9.17, 15) is 13.6 Å². The molecule has 1 N–H and O–H groups in total. The summed E-state index contributed by atoms with van der Waals surface area (Å²) >= 11 is 7.81. The van der Waals surface area contributed by atoms with Gasteiger partial charge in [0.1, 0.15) is 12.4 Å². The van der Waals surface area contributed by atoms with Crippen molar-refractivity contribution in [2.45, 2.75) is 57.3 Å². The van der Waals surface area contributed by atoms with Crippen LogP contribution < -0.4 is 4.74 Å². The molecule has 0 bridgehead atoms. The van der Waals surface area contributed by atoms with E-state index in [4.69, 9.17) is 21.4 Å². The second-order valence-corrected chi connectivity index (χ2v) is 10.1. The van der Waals surface area contributed by atoms with Gasteiger partial charge in [0.25, 0.3) is 5.92 Å². The molecule has 2 aromatic carbocycles. The summed E-state index contributed by atoms with van der Waals surface area (Å²) in [5, 5.41) is 9.61. The predicted molar refractivity (Wildman–Crippen MR) is 136 cm³/mol. The lowest BCUT2D eigenvalue weighted by atomic mass is 9.85. The van der Waals surface area contributed by atoms with Gasteiger partial charge in [-0.05, 0) is 90.1 Å². The Morgan fingerprint density at radius 1 is 1.15 bits per heavy atom. The largest absolute Gasteiger partial charge is 0.489 e. The van der Waals surface area contributed by atoms with Crippen LogP contribution in [0.1, 0.15) is 55.2 Å². The summed E-state index contributed by atoms with van der Waals surface area (Å²) in [4.78, 5) is 11.0. The highest BCUT2D eigenvalue weighted by Crippen LogP contribution is 2.41. The molecule has 0 fully saturated rings. The van der Waals surface area contributed by atoms with Gasteiger partial charge >= 0.3 is 5.97 Å². The Labute approximate surface area is 209 Å². The van der Waals surface area contributed by atoms with Crippen molar-refractivity contribution < 1.29 is 23.4 Å². The summed E-state index contributed by atoms with van der Waals surface area (Å²) < 4.78 is 34.7. The van der Waals surface area contributed by atoms with Gasteiger partial charge in [-0.15, -0.1) is 0 Å². The SMILES string of the molecule is CSCCCCc1cc(CCC(=O)O)ccc1OCC1=C(c2ccc(Cl)cc2)CCC(F)(F)C1. The zero-order chi connectivity index (χ0) is 24.6. The van der Waals surface area contributed by atoms with Crippen molar-refractivity contribution in [3.8, 4) is 5.75 Å². The Morgan fingerprint density at radius 3 is 2.62 bits per heavy atom. The average molecular weight is 509 g/mol. The normalized spacial score (nSPS) is 15.4. The summed E-state index contributed by atoms with van der Waals surface area (Å²) in [5.41, 5.74) is 4.36. The molecule has 0 atom stereocenters. The Balaban J connectivity index is 1.82. The maximum absolute atomic E-state index is 14.3. The molecule has 3 nitrogen and oxygen atoms in total. The van der Waals surface area contributed by atoms with Gasteiger partial charge in [-0.25, -0.2) is 8.78 Å². The molecule has 0 radical (unpaired) electrons. The van der Waals surface area contributed by atoms with Crippen LogP contribution in [0.3, 0.4) is 0 Å². The molecule has 0 heterocycles.